The molecule has 1 aliphatic heterocycles. The van der Waals surface area contributed by atoms with Crippen LogP contribution in [0.15, 0.2) is 42.6 Å². The highest BCUT2D eigenvalue weighted by Gasteiger charge is 2.20. The summed E-state index contributed by atoms with van der Waals surface area (Å²) in [5.41, 5.74) is 1.67. The quantitative estimate of drug-likeness (QED) is 0.635. The number of carbonyl (C=O) groups is 2. The molecule has 1 aromatic carbocycles. The summed E-state index contributed by atoms with van der Waals surface area (Å²) in [5, 5.41) is 1.01. The van der Waals surface area contributed by atoms with Crippen molar-refractivity contribution in [3.63, 3.8) is 0 Å². The maximum absolute atomic E-state index is 12.1. The predicted molar refractivity (Wildman–Crippen MR) is 96.7 cm³/mol. The summed E-state index contributed by atoms with van der Waals surface area (Å²) >= 11 is 0. The van der Waals surface area contributed by atoms with Crippen LogP contribution in [0.25, 0.3) is 17.0 Å². The summed E-state index contributed by atoms with van der Waals surface area (Å²) in [4.78, 5) is 30.1. The van der Waals surface area contributed by atoms with Crippen LogP contribution in [-0.2, 0) is 14.3 Å². The molecule has 1 aliphatic rings. The van der Waals surface area contributed by atoms with Crippen molar-refractivity contribution in [2.45, 2.75) is 19.8 Å². The van der Waals surface area contributed by atoms with E-state index in [1.807, 2.05) is 30.3 Å². The lowest BCUT2D eigenvalue weighted by Gasteiger charge is -2.30. The minimum Gasteiger partial charge on any atom is -0.452 e. The molecule has 130 valence electrons. The Labute approximate surface area is 147 Å². The molecule has 1 saturated heterocycles. The van der Waals surface area contributed by atoms with Crippen molar-refractivity contribution in [3.05, 3.63) is 48.2 Å². The number of esters is 1. The van der Waals surface area contributed by atoms with Crippen molar-refractivity contribution in [2.75, 3.05) is 19.7 Å². The first-order valence-corrected chi connectivity index (χ1v) is 8.60. The van der Waals surface area contributed by atoms with Gasteiger partial charge in [-0.1, -0.05) is 31.2 Å². The van der Waals surface area contributed by atoms with E-state index in [0.29, 0.717) is 5.92 Å². The van der Waals surface area contributed by atoms with Gasteiger partial charge < -0.3 is 9.64 Å². The van der Waals surface area contributed by atoms with E-state index in [9.17, 15) is 9.59 Å². The van der Waals surface area contributed by atoms with Crippen LogP contribution in [0, 0.1) is 5.92 Å². The number of para-hydroxylation sites is 1. The molecule has 1 fully saturated rings. The summed E-state index contributed by atoms with van der Waals surface area (Å²) < 4.78 is 5.08. The molecule has 0 atom stereocenters. The zero-order chi connectivity index (χ0) is 17.6. The van der Waals surface area contributed by atoms with Crippen LogP contribution in [0.4, 0.5) is 0 Å². The Bertz CT molecular complexity index is 787. The number of rotatable bonds is 4. The van der Waals surface area contributed by atoms with Crippen LogP contribution in [0.1, 0.15) is 25.3 Å². The summed E-state index contributed by atoms with van der Waals surface area (Å²) in [7, 11) is 0. The van der Waals surface area contributed by atoms with Gasteiger partial charge in [-0.05, 0) is 30.9 Å². The Kier molecular flexibility index (Phi) is 5.43. The van der Waals surface area contributed by atoms with Crippen LogP contribution in [0.5, 0.6) is 0 Å². The van der Waals surface area contributed by atoms with Crippen molar-refractivity contribution >= 4 is 28.9 Å². The van der Waals surface area contributed by atoms with Gasteiger partial charge in [0.05, 0.1) is 5.52 Å². The third kappa shape index (κ3) is 4.44. The van der Waals surface area contributed by atoms with E-state index in [4.69, 9.17) is 4.74 Å². The van der Waals surface area contributed by atoms with Gasteiger partial charge in [-0.2, -0.15) is 0 Å². The molecule has 5 nitrogen and oxygen atoms in total. The maximum Gasteiger partial charge on any atom is 0.331 e. The average Bonchev–Trinajstić information content (AvgIpc) is 2.65. The van der Waals surface area contributed by atoms with Gasteiger partial charge in [0, 0.05) is 36.3 Å². The van der Waals surface area contributed by atoms with Crippen molar-refractivity contribution in [2.24, 2.45) is 5.92 Å². The Hall–Kier alpha value is -2.69. The topological polar surface area (TPSA) is 59.5 Å². The summed E-state index contributed by atoms with van der Waals surface area (Å²) in [6, 6.07) is 9.61. The van der Waals surface area contributed by atoms with E-state index in [1.54, 1.807) is 17.2 Å². The highest BCUT2D eigenvalue weighted by atomic mass is 16.5. The standard InChI is InChI=1S/C20H22N2O3/c1-15-9-12-22(13-10-15)18(23)14-25-19(24)8-7-17-5-2-4-16-6-3-11-21-20(16)17/h2-8,11,15H,9-10,12-14H2,1H3/b8-7+. The van der Waals surface area contributed by atoms with Crippen LogP contribution >= 0.6 is 0 Å². The number of likely N-dealkylation sites (tertiary alicyclic amines) is 1. The third-order valence-electron chi connectivity index (χ3n) is 4.54. The Morgan fingerprint density at radius 1 is 1.24 bits per heavy atom. The number of piperidine rings is 1. The molecular weight excluding hydrogens is 316 g/mol. The average molecular weight is 338 g/mol. The second-order valence-corrected chi connectivity index (χ2v) is 6.43. The second-order valence-electron chi connectivity index (χ2n) is 6.43. The zero-order valence-corrected chi connectivity index (χ0v) is 14.4. The summed E-state index contributed by atoms with van der Waals surface area (Å²) in [6.07, 6.45) is 6.75. The number of hydrogen-bond acceptors (Lipinski definition) is 4. The summed E-state index contributed by atoms with van der Waals surface area (Å²) in [6.45, 7) is 3.48. The molecular formula is C20H22N2O3. The number of carbonyl (C=O) groups excluding carboxylic acids is 2. The number of fused-ring (bicyclic) bond motifs is 1. The summed E-state index contributed by atoms with van der Waals surface area (Å²) in [5.74, 6) is 0.0102. The molecule has 2 heterocycles. The molecule has 0 N–H and O–H groups in total. The number of amides is 1. The molecule has 1 aromatic heterocycles. The second kappa shape index (κ2) is 7.92. The molecule has 0 radical (unpaired) electrons. The van der Waals surface area contributed by atoms with Crippen LogP contribution in [0.2, 0.25) is 0 Å². The van der Waals surface area contributed by atoms with Crippen LogP contribution < -0.4 is 0 Å². The fourth-order valence-electron chi connectivity index (χ4n) is 2.95. The van der Waals surface area contributed by atoms with Gasteiger partial charge in [0.2, 0.25) is 0 Å². The monoisotopic (exact) mass is 338 g/mol. The van der Waals surface area contributed by atoms with E-state index in [1.165, 1.54) is 6.08 Å². The minimum atomic E-state index is -0.522. The van der Waals surface area contributed by atoms with Gasteiger partial charge in [0.15, 0.2) is 6.61 Å². The number of nitrogens with zero attached hydrogens (tertiary/aromatic N) is 2. The van der Waals surface area contributed by atoms with Gasteiger partial charge >= 0.3 is 5.97 Å². The van der Waals surface area contributed by atoms with Gasteiger partial charge in [-0.3, -0.25) is 9.78 Å². The molecule has 0 unspecified atom stereocenters. The van der Waals surface area contributed by atoms with Crippen LogP contribution in [-0.4, -0.2) is 41.5 Å². The van der Waals surface area contributed by atoms with Gasteiger partial charge in [0.25, 0.3) is 5.91 Å². The van der Waals surface area contributed by atoms with Crippen molar-refractivity contribution < 1.29 is 14.3 Å². The molecule has 5 heteroatoms. The first-order chi connectivity index (χ1) is 12.1. The zero-order valence-electron chi connectivity index (χ0n) is 14.4. The Morgan fingerprint density at radius 2 is 2.00 bits per heavy atom. The Morgan fingerprint density at radius 3 is 2.80 bits per heavy atom. The van der Waals surface area contributed by atoms with Crippen molar-refractivity contribution in [1.29, 1.82) is 0 Å². The van der Waals surface area contributed by atoms with Gasteiger partial charge in [0.1, 0.15) is 0 Å². The molecule has 0 bridgehead atoms. The largest absolute Gasteiger partial charge is 0.452 e. The number of ether oxygens (including phenoxy) is 1. The SMILES string of the molecule is CC1CCN(C(=O)COC(=O)/C=C/c2cccc3cccnc23)CC1. The fraction of sp³-hybridized carbons (Fsp3) is 0.350. The molecule has 1 amide bonds. The van der Waals surface area contributed by atoms with E-state index < -0.39 is 5.97 Å². The lowest BCUT2D eigenvalue weighted by molar-refractivity contribution is -0.148. The lowest BCUT2D eigenvalue weighted by atomic mass is 9.99. The first-order valence-electron chi connectivity index (χ1n) is 8.60. The molecule has 0 spiro atoms. The van der Waals surface area contributed by atoms with Crippen LogP contribution in [0.3, 0.4) is 0 Å². The highest BCUT2D eigenvalue weighted by Crippen LogP contribution is 2.17. The van der Waals surface area contributed by atoms with E-state index >= 15 is 0 Å². The maximum atomic E-state index is 12.1. The molecule has 2 aromatic rings. The van der Waals surface area contributed by atoms with Crippen molar-refractivity contribution in [3.8, 4) is 0 Å². The fourth-order valence-corrected chi connectivity index (χ4v) is 2.95. The van der Waals surface area contributed by atoms with Gasteiger partial charge in [-0.15, -0.1) is 0 Å². The molecule has 0 aliphatic carbocycles. The normalized spacial score (nSPS) is 15.6. The number of pyridine rings is 1. The van der Waals surface area contributed by atoms with Gasteiger partial charge in [-0.25, -0.2) is 4.79 Å². The lowest BCUT2D eigenvalue weighted by Crippen LogP contribution is -2.40. The predicted octanol–water partition coefficient (Wildman–Crippen LogP) is 3.05. The molecule has 25 heavy (non-hydrogen) atoms. The number of hydrogen-bond donors (Lipinski definition) is 0. The molecule has 0 saturated carbocycles. The van der Waals surface area contributed by atoms with Crippen molar-refractivity contribution in [1.82, 2.24) is 9.88 Å². The van der Waals surface area contributed by atoms with E-state index in [-0.39, 0.29) is 12.5 Å². The van der Waals surface area contributed by atoms with E-state index in [0.717, 1.165) is 42.4 Å². The smallest absolute Gasteiger partial charge is 0.331 e. The Balaban J connectivity index is 1.55. The third-order valence-corrected chi connectivity index (χ3v) is 4.54. The number of aromatic nitrogens is 1. The number of benzene rings is 1. The first kappa shape index (κ1) is 17.1. The minimum absolute atomic E-state index is 0.125. The highest BCUT2D eigenvalue weighted by molar-refractivity contribution is 5.93. The van der Waals surface area contributed by atoms with E-state index in [2.05, 4.69) is 11.9 Å². The molecule has 3 rings (SSSR count).